The molecule has 1 aromatic heterocycles. The molecule has 3 atom stereocenters. The van der Waals surface area contributed by atoms with Gasteiger partial charge in [-0.2, -0.15) is 0 Å². The first-order chi connectivity index (χ1) is 12.8. The van der Waals surface area contributed by atoms with E-state index in [1.807, 2.05) is 93.2 Å². The second-order valence-electron chi connectivity index (χ2n) is 7.93. The maximum Gasteiger partial charge on any atom is 0.124 e. The number of hydrogen-bond acceptors (Lipinski definition) is 1. The van der Waals surface area contributed by atoms with Crippen molar-refractivity contribution in [1.29, 1.82) is 0 Å². The minimum Gasteiger partial charge on any atom is -0.351 e. The Hall–Kier alpha value is -1.98. The van der Waals surface area contributed by atoms with Crippen LogP contribution in [0.3, 0.4) is 0 Å². The van der Waals surface area contributed by atoms with E-state index in [-0.39, 0.29) is 6.42 Å². The van der Waals surface area contributed by atoms with Crippen LogP contribution in [0.5, 0.6) is 0 Å². The van der Waals surface area contributed by atoms with Gasteiger partial charge in [0.1, 0.15) is 6.17 Å². The van der Waals surface area contributed by atoms with E-state index < -0.39 is 27.9 Å². The van der Waals surface area contributed by atoms with Gasteiger partial charge in [-0.25, -0.2) is 13.3 Å². The van der Waals surface area contributed by atoms with Crippen LogP contribution >= 0.6 is 0 Å². The van der Waals surface area contributed by atoms with Gasteiger partial charge in [0.05, 0.1) is 21.8 Å². The van der Waals surface area contributed by atoms with Crippen LogP contribution in [0.4, 0.5) is 4.39 Å². The van der Waals surface area contributed by atoms with E-state index in [0.717, 1.165) is 22.0 Å². The van der Waals surface area contributed by atoms with Gasteiger partial charge < -0.3 is 4.57 Å². The van der Waals surface area contributed by atoms with Crippen LogP contribution in [0, 0.1) is 0 Å². The van der Waals surface area contributed by atoms with Gasteiger partial charge in [0.15, 0.2) is 0 Å². The smallest absolute Gasteiger partial charge is 0.124 e. The van der Waals surface area contributed by atoms with Crippen molar-refractivity contribution in [3.8, 4) is 0 Å². The Morgan fingerprint density at radius 3 is 2.48 bits per heavy atom. The highest BCUT2D eigenvalue weighted by Crippen LogP contribution is 2.28. The Bertz CT molecular complexity index is 930. The van der Waals surface area contributed by atoms with Crippen molar-refractivity contribution in [3.63, 3.8) is 0 Å². The van der Waals surface area contributed by atoms with Gasteiger partial charge in [-0.15, -0.1) is 0 Å². The summed E-state index contributed by atoms with van der Waals surface area (Å²) in [6.45, 7) is 5.66. The number of nitrogens with zero attached hydrogens (tertiary/aromatic N) is 1. The summed E-state index contributed by atoms with van der Waals surface area (Å²) in [5, 5.41) is 1.05. The highest BCUT2D eigenvalue weighted by molar-refractivity contribution is 7.84. The topological polar surface area (TPSA) is 34.0 Å². The van der Waals surface area contributed by atoms with Crippen molar-refractivity contribution in [3.05, 3.63) is 71.9 Å². The first kappa shape index (κ1) is 19.8. The lowest BCUT2D eigenvalue weighted by Gasteiger charge is -2.27. The quantitative estimate of drug-likeness (QED) is 0.645. The number of aryl methyl sites for hydroxylation is 1. The number of hydrogen-bond donors (Lipinski definition) is 1. The van der Waals surface area contributed by atoms with Crippen molar-refractivity contribution >= 4 is 21.9 Å². The molecule has 5 heteroatoms. The van der Waals surface area contributed by atoms with Gasteiger partial charge in [-0.05, 0) is 55.5 Å². The fourth-order valence-electron chi connectivity index (χ4n) is 3.09. The number of fused-ring (bicyclic) bond motifs is 1. The van der Waals surface area contributed by atoms with Crippen LogP contribution in [0.1, 0.15) is 37.9 Å². The Kier molecular flexibility index (Phi) is 5.82. The zero-order chi connectivity index (χ0) is 19.6. The number of aromatic nitrogens is 1. The fourth-order valence-corrected chi connectivity index (χ4v) is 3.96. The Labute approximate surface area is 163 Å². The first-order valence-corrected chi connectivity index (χ1v) is 10.3. The first-order valence-electron chi connectivity index (χ1n) is 9.17. The highest BCUT2D eigenvalue weighted by atomic mass is 32.2. The van der Waals surface area contributed by atoms with Gasteiger partial charge >= 0.3 is 0 Å². The lowest BCUT2D eigenvalue weighted by atomic mass is 9.97. The molecule has 0 bridgehead atoms. The standard InChI is InChI=1S/C22H27FN2OS/c1-22(2,3)27(26)24-21(19(23)14-16-8-6-5-7-9-16)18-10-11-20-17(15-18)12-13-25(20)4/h5-13,15,19,21,24H,14H2,1-4H3/t19-,21-,27?/m1/s1. The second-order valence-corrected chi connectivity index (χ2v) is 9.93. The average Bonchev–Trinajstić information content (AvgIpc) is 2.99. The molecule has 0 amide bonds. The third-order valence-corrected chi connectivity index (χ3v) is 6.27. The van der Waals surface area contributed by atoms with Crippen LogP contribution in [-0.4, -0.2) is 19.7 Å². The van der Waals surface area contributed by atoms with Crippen LogP contribution in [-0.2, 0) is 24.5 Å². The molecule has 0 aliphatic rings. The summed E-state index contributed by atoms with van der Waals surface area (Å²) < 4.78 is 32.7. The van der Waals surface area contributed by atoms with Gasteiger partial charge in [0.2, 0.25) is 0 Å². The molecule has 0 fully saturated rings. The molecule has 1 heterocycles. The lowest BCUT2D eigenvalue weighted by molar-refractivity contribution is 0.270. The van der Waals surface area contributed by atoms with Crippen LogP contribution in [0.25, 0.3) is 10.9 Å². The molecule has 3 rings (SSSR count). The van der Waals surface area contributed by atoms with Crippen molar-refractivity contribution in [2.75, 3.05) is 0 Å². The molecule has 2 aromatic carbocycles. The van der Waals surface area contributed by atoms with Gasteiger partial charge in [0, 0.05) is 25.2 Å². The van der Waals surface area contributed by atoms with Crippen molar-refractivity contribution < 1.29 is 8.60 Å². The Morgan fingerprint density at radius 1 is 1.11 bits per heavy atom. The van der Waals surface area contributed by atoms with Crippen molar-refractivity contribution in [2.45, 2.75) is 44.2 Å². The monoisotopic (exact) mass is 386 g/mol. The largest absolute Gasteiger partial charge is 0.351 e. The van der Waals surface area contributed by atoms with Crippen molar-refractivity contribution in [1.82, 2.24) is 9.29 Å². The summed E-state index contributed by atoms with van der Waals surface area (Å²) in [4.78, 5) is 0. The van der Waals surface area contributed by atoms with Gasteiger partial charge in [0.25, 0.3) is 0 Å². The minimum absolute atomic E-state index is 0.271. The molecule has 0 saturated carbocycles. The summed E-state index contributed by atoms with van der Waals surface area (Å²) in [7, 11) is 0.616. The Balaban J connectivity index is 1.93. The second kappa shape index (κ2) is 7.95. The number of rotatable bonds is 6. The third kappa shape index (κ3) is 4.66. The number of alkyl halides is 1. The zero-order valence-corrected chi connectivity index (χ0v) is 17.1. The SMILES string of the molecule is Cn1ccc2cc([C@@H](NS(=O)C(C)(C)C)[C@H](F)Cc3ccccc3)ccc21. The van der Waals surface area contributed by atoms with E-state index in [9.17, 15) is 4.21 Å². The maximum absolute atomic E-state index is 15.4. The van der Waals surface area contributed by atoms with Gasteiger partial charge in [-0.1, -0.05) is 36.4 Å². The Morgan fingerprint density at radius 2 is 1.81 bits per heavy atom. The van der Waals surface area contributed by atoms with E-state index in [1.54, 1.807) is 0 Å². The molecule has 0 aliphatic heterocycles. The summed E-state index contributed by atoms with van der Waals surface area (Å²) in [6.07, 6.45) is 1.06. The predicted octanol–water partition coefficient (Wildman–Crippen LogP) is 4.85. The molecule has 144 valence electrons. The molecular weight excluding hydrogens is 359 g/mol. The van der Waals surface area contributed by atoms with Crippen LogP contribution < -0.4 is 4.72 Å². The summed E-state index contributed by atoms with van der Waals surface area (Å²) in [5.41, 5.74) is 2.83. The predicted molar refractivity (Wildman–Crippen MR) is 112 cm³/mol. The summed E-state index contributed by atoms with van der Waals surface area (Å²) in [6, 6.07) is 16.9. The van der Waals surface area contributed by atoms with Crippen molar-refractivity contribution in [2.24, 2.45) is 7.05 Å². The zero-order valence-electron chi connectivity index (χ0n) is 16.3. The van der Waals surface area contributed by atoms with Crippen LogP contribution in [0.15, 0.2) is 60.8 Å². The third-order valence-electron chi connectivity index (χ3n) is 4.69. The molecule has 3 aromatic rings. The van der Waals surface area contributed by atoms with E-state index >= 15 is 4.39 Å². The number of benzene rings is 2. The molecule has 0 aliphatic carbocycles. The molecule has 1 unspecified atom stereocenters. The molecule has 0 radical (unpaired) electrons. The lowest BCUT2D eigenvalue weighted by Crippen LogP contribution is -2.39. The summed E-state index contributed by atoms with van der Waals surface area (Å²) >= 11 is 0. The summed E-state index contributed by atoms with van der Waals surface area (Å²) in [5.74, 6) is 0. The van der Waals surface area contributed by atoms with E-state index in [4.69, 9.17) is 0 Å². The van der Waals surface area contributed by atoms with E-state index in [2.05, 4.69) is 4.72 Å². The van der Waals surface area contributed by atoms with E-state index in [1.165, 1.54) is 0 Å². The van der Waals surface area contributed by atoms with Gasteiger partial charge in [-0.3, -0.25) is 0 Å². The fraction of sp³-hybridized carbons (Fsp3) is 0.364. The molecule has 0 spiro atoms. The molecular formula is C22H27FN2OS. The average molecular weight is 387 g/mol. The molecule has 27 heavy (non-hydrogen) atoms. The highest BCUT2D eigenvalue weighted by Gasteiger charge is 2.29. The maximum atomic E-state index is 15.4. The minimum atomic E-state index is -1.37. The number of halogens is 1. The molecule has 0 saturated heterocycles. The van der Waals surface area contributed by atoms with E-state index in [0.29, 0.717) is 0 Å². The normalized spacial score (nSPS) is 15.6. The number of nitrogens with one attached hydrogen (secondary N) is 1. The molecule has 3 nitrogen and oxygen atoms in total. The molecule has 1 N–H and O–H groups in total. The van der Waals surface area contributed by atoms with Crippen LogP contribution in [0.2, 0.25) is 0 Å².